The summed E-state index contributed by atoms with van der Waals surface area (Å²) in [5.41, 5.74) is 0. The third kappa shape index (κ3) is 23.3. The van der Waals surface area contributed by atoms with E-state index in [0.29, 0.717) is 0 Å². The lowest BCUT2D eigenvalue weighted by atomic mass is 10.4. The molecule has 1 atom stereocenters. The van der Waals surface area contributed by atoms with Crippen molar-refractivity contribution in [3.8, 4) is 0 Å². The van der Waals surface area contributed by atoms with Crippen LogP contribution >= 0.6 is 25.0 Å². The first kappa shape index (κ1) is 33.6. The SMILES string of the molecule is CCCCOP(=O)([O-])OCCCC.CCCC[P+](C)(CCCC)CCCC.P. The minimum Gasteiger partial charge on any atom is -0.756 e. The Morgan fingerprint density at radius 1 is 0.679 bits per heavy atom. The molecule has 7 heteroatoms. The van der Waals surface area contributed by atoms with Crippen LogP contribution in [0, 0.1) is 0 Å². The van der Waals surface area contributed by atoms with E-state index in [1.807, 2.05) is 13.8 Å². The van der Waals surface area contributed by atoms with Gasteiger partial charge < -0.3 is 13.9 Å². The van der Waals surface area contributed by atoms with Crippen LogP contribution in [0.4, 0.5) is 0 Å². The fourth-order valence-corrected chi connectivity index (χ4v) is 7.32. The van der Waals surface area contributed by atoms with Gasteiger partial charge in [0.2, 0.25) is 0 Å². The molecule has 0 N–H and O–H groups in total. The van der Waals surface area contributed by atoms with E-state index in [4.69, 9.17) is 0 Å². The van der Waals surface area contributed by atoms with E-state index < -0.39 is 15.1 Å². The normalized spacial score (nSPS) is 11.5. The van der Waals surface area contributed by atoms with Crippen LogP contribution in [0.15, 0.2) is 0 Å². The third-order valence-electron chi connectivity index (χ3n) is 4.65. The Hall–Kier alpha value is 0.970. The summed E-state index contributed by atoms with van der Waals surface area (Å²) >= 11 is 0. The highest BCUT2D eigenvalue weighted by atomic mass is 31.2. The summed E-state index contributed by atoms with van der Waals surface area (Å²) in [5.74, 6) is 0. The van der Waals surface area contributed by atoms with Crippen LogP contribution < -0.4 is 4.89 Å². The van der Waals surface area contributed by atoms with Crippen LogP contribution in [0.5, 0.6) is 0 Å². The molecule has 0 aliphatic carbocycles. The largest absolute Gasteiger partial charge is 0.756 e. The topological polar surface area (TPSA) is 58.6 Å². The van der Waals surface area contributed by atoms with Crippen LogP contribution in [0.2, 0.25) is 0 Å². The summed E-state index contributed by atoms with van der Waals surface area (Å²) in [7, 11) is -4.52. The monoisotopic (exact) mass is 460 g/mol. The summed E-state index contributed by atoms with van der Waals surface area (Å²) in [5, 5.41) is 0. The van der Waals surface area contributed by atoms with Gasteiger partial charge >= 0.3 is 0 Å². The molecule has 1 unspecified atom stereocenters. The van der Waals surface area contributed by atoms with Crippen LogP contribution in [0.25, 0.3) is 0 Å². The Bertz CT molecular complexity index is 319. The van der Waals surface area contributed by atoms with Gasteiger partial charge in [0.05, 0.1) is 31.7 Å². The highest BCUT2D eigenvalue weighted by molar-refractivity contribution is 7.75. The lowest BCUT2D eigenvalue weighted by Crippen LogP contribution is -2.09. The van der Waals surface area contributed by atoms with Crippen LogP contribution in [-0.2, 0) is 13.6 Å². The molecule has 0 spiro atoms. The number of hydrogen-bond acceptors (Lipinski definition) is 4. The molecule has 0 radical (unpaired) electrons. The molecule has 0 bridgehead atoms. The zero-order valence-corrected chi connectivity index (χ0v) is 23.0. The quantitative estimate of drug-likeness (QED) is 0.170. The van der Waals surface area contributed by atoms with Crippen molar-refractivity contribution in [3.05, 3.63) is 0 Å². The van der Waals surface area contributed by atoms with Gasteiger partial charge in [-0.25, -0.2) is 0 Å². The number of rotatable bonds is 17. The maximum atomic E-state index is 11.0. The van der Waals surface area contributed by atoms with Crippen molar-refractivity contribution >= 4 is 25.0 Å². The van der Waals surface area contributed by atoms with Crippen molar-refractivity contribution in [2.24, 2.45) is 0 Å². The van der Waals surface area contributed by atoms with Crippen LogP contribution in [0.3, 0.4) is 0 Å². The van der Waals surface area contributed by atoms with E-state index in [2.05, 4.69) is 36.5 Å². The molecular weight excluding hydrogens is 409 g/mol. The average Bonchev–Trinajstić information content (AvgIpc) is 2.64. The minimum atomic E-state index is -4.00. The second-order valence-electron chi connectivity index (χ2n) is 7.67. The summed E-state index contributed by atoms with van der Waals surface area (Å²) in [6.45, 7) is 14.0. The van der Waals surface area contributed by atoms with Crippen molar-refractivity contribution in [1.82, 2.24) is 0 Å². The van der Waals surface area contributed by atoms with E-state index in [0.717, 1.165) is 25.7 Å². The van der Waals surface area contributed by atoms with Crippen molar-refractivity contribution in [3.63, 3.8) is 0 Å². The van der Waals surface area contributed by atoms with Crippen molar-refractivity contribution < 1.29 is 18.5 Å². The van der Waals surface area contributed by atoms with Crippen LogP contribution in [-0.4, -0.2) is 38.4 Å². The maximum Gasteiger partial charge on any atom is 0.267 e. The van der Waals surface area contributed by atoms with Crippen molar-refractivity contribution in [2.75, 3.05) is 38.4 Å². The molecule has 0 saturated carbocycles. The molecule has 0 aromatic rings. The van der Waals surface area contributed by atoms with E-state index >= 15 is 0 Å². The number of hydrogen-bond donors (Lipinski definition) is 0. The lowest BCUT2D eigenvalue weighted by Gasteiger charge is -2.22. The van der Waals surface area contributed by atoms with Gasteiger partial charge in [-0.05, 0) is 32.1 Å². The fraction of sp³-hybridized carbons (Fsp3) is 1.00. The van der Waals surface area contributed by atoms with E-state index in [9.17, 15) is 9.46 Å². The molecule has 0 aromatic heterocycles. The molecule has 0 fully saturated rings. The standard InChI is InChI=1S/C13H30P.C8H19O4P.H3P/c1-5-8-11-14(4,12-9-6-2)13-10-7-3;1-3-5-7-11-13(9,10)12-8-6-4-2;/h5-13H2,1-4H3;3-8H2,1-2H3,(H,9,10);1H3/q+1;;/p-1. The molecule has 0 heterocycles. The van der Waals surface area contributed by atoms with Gasteiger partial charge in [0.15, 0.2) is 0 Å². The molecule has 4 nitrogen and oxygen atoms in total. The molecule has 0 aliphatic heterocycles. The average molecular weight is 461 g/mol. The maximum absolute atomic E-state index is 11.0. The second kappa shape index (κ2) is 22.7. The third-order valence-corrected chi connectivity index (χ3v) is 9.83. The molecule has 0 amide bonds. The lowest BCUT2D eigenvalue weighted by molar-refractivity contribution is -0.225. The first-order chi connectivity index (χ1) is 12.8. The Balaban J connectivity index is -0.000000432. The fourth-order valence-electron chi connectivity index (χ4n) is 2.63. The van der Waals surface area contributed by atoms with Gasteiger partial charge in [-0.1, -0.05) is 66.7 Å². The molecular formula is C21H51O4P3. The van der Waals surface area contributed by atoms with Gasteiger partial charge in [-0.3, -0.25) is 4.57 Å². The zero-order valence-electron chi connectivity index (χ0n) is 19.8. The van der Waals surface area contributed by atoms with Gasteiger partial charge in [0.25, 0.3) is 7.82 Å². The molecule has 28 heavy (non-hydrogen) atoms. The molecule has 0 aromatic carbocycles. The van der Waals surface area contributed by atoms with Gasteiger partial charge in [0, 0.05) is 13.9 Å². The first-order valence-electron chi connectivity index (χ1n) is 11.2. The number of phosphoric acid groups is 1. The Kier molecular flexibility index (Phi) is 27.2. The number of phosphoric ester groups is 1. The van der Waals surface area contributed by atoms with Crippen molar-refractivity contribution in [1.29, 1.82) is 0 Å². The molecule has 0 saturated heterocycles. The minimum absolute atomic E-state index is 0. The molecule has 0 rings (SSSR count). The second-order valence-corrected chi connectivity index (χ2v) is 13.7. The summed E-state index contributed by atoms with van der Waals surface area (Å²) in [4.78, 5) is 11.0. The van der Waals surface area contributed by atoms with E-state index in [-0.39, 0.29) is 23.1 Å². The predicted octanol–water partition coefficient (Wildman–Crippen LogP) is 7.18. The Morgan fingerprint density at radius 2 is 0.964 bits per heavy atom. The number of unbranched alkanes of at least 4 members (excludes halogenated alkanes) is 5. The van der Waals surface area contributed by atoms with Gasteiger partial charge in [0.1, 0.15) is 0 Å². The van der Waals surface area contributed by atoms with E-state index in [1.165, 1.54) is 38.5 Å². The first-order valence-corrected chi connectivity index (χ1v) is 15.5. The van der Waals surface area contributed by atoms with Crippen LogP contribution in [0.1, 0.15) is 98.8 Å². The van der Waals surface area contributed by atoms with Crippen molar-refractivity contribution in [2.45, 2.75) is 98.8 Å². The summed E-state index contributed by atoms with van der Waals surface area (Å²) in [6.07, 6.45) is 16.5. The Morgan fingerprint density at radius 3 is 1.21 bits per heavy atom. The van der Waals surface area contributed by atoms with Gasteiger partial charge in [-0.2, -0.15) is 9.90 Å². The molecule has 174 valence electrons. The predicted molar refractivity (Wildman–Crippen MR) is 133 cm³/mol. The van der Waals surface area contributed by atoms with E-state index in [1.54, 1.807) is 18.5 Å². The highest BCUT2D eigenvalue weighted by Gasteiger charge is 2.28. The smallest absolute Gasteiger partial charge is 0.267 e. The molecule has 0 aliphatic rings. The summed E-state index contributed by atoms with van der Waals surface area (Å²) < 4.78 is 20.2. The zero-order chi connectivity index (χ0) is 21.0. The highest BCUT2D eigenvalue weighted by Crippen LogP contribution is 2.57. The Labute approximate surface area is 180 Å². The summed E-state index contributed by atoms with van der Waals surface area (Å²) in [6, 6.07) is 0. The van der Waals surface area contributed by atoms with Gasteiger partial charge in [-0.15, -0.1) is 0 Å².